The van der Waals surface area contributed by atoms with Gasteiger partial charge in [0, 0.05) is 16.7 Å². The molecule has 4 rings (SSSR count). The number of methoxy groups -OCH3 is 1. The van der Waals surface area contributed by atoms with E-state index in [4.69, 9.17) is 9.84 Å². The number of para-hydroxylation sites is 1. The van der Waals surface area contributed by atoms with Crippen LogP contribution in [0, 0.1) is 12.7 Å². The average molecular weight is 443 g/mol. The third kappa shape index (κ3) is 4.72. The van der Waals surface area contributed by atoms with Gasteiger partial charge in [0.15, 0.2) is 0 Å². The molecule has 0 N–H and O–H groups in total. The molecule has 0 spiro atoms. The molecule has 4 nitrogen and oxygen atoms in total. The van der Waals surface area contributed by atoms with Crippen LogP contribution >= 0.6 is 0 Å². The maximum Gasteiger partial charge on any atom is 0.271 e. The maximum absolute atomic E-state index is 13.8. The number of benzene rings is 3. The summed E-state index contributed by atoms with van der Waals surface area (Å²) >= 11 is 0. The first-order chi connectivity index (χ1) is 16.0. The van der Waals surface area contributed by atoms with E-state index >= 15 is 0 Å². The van der Waals surface area contributed by atoms with Crippen molar-refractivity contribution in [2.45, 2.75) is 32.7 Å². The fraction of sp³-hybridized carbons (Fsp3) is 0.214. The highest BCUT2D eigenvalue weighted by molar-refractivity contribution is 5.75. The van der Waals surface area contributed by atoms with Gasteiger partial charge in [-0.1, -0.05) is 60.7 Å². The molecule has 0 amide bonds. The number of rotatable bonds is 7. The molecule has 0 aliphatic carbocycles. The summed E-state index contributed by atoms with van der Waals surface area (Å²) in [4.78, 5) is 13.8. The molecule has 168 valence electrons. The van der Waals surface area contributed by atoms with Crippen LogP contribution in [-0.4, -0.2) is 16.9 Å². The molecule has 0 aliphatic rings. The van der Waals surface area contributed by atoms with E-state index in [1.807, 2.05) is 74.5 Å². The van der Waals surface area contributed by atoms with Gasteiger partial charge in [-0.25, -0.2) is 9.07 Å². The molecule has 5 heteroatoms. The Morgan fingerprint density at radius 3 is 2.42 bits per heavy atom. The number of hydrogen-bond acceptors (Lipinski definition) is 3. The first-order valence-corrected chi connectivity index (χ1v) is 11.0. The lowest BCUT2D eigenvalue weighted by Gasteiger charge is -2.20. The summed E-state index contributed by atoms with van der Waals surface area (Å²) in [6.45, 7) is 3.89. The van der Waals surface area contributed by atoms with Crippen LogP contribution in [0.3, 0.4) is 0 Å². The van der Waals surface area contributed by atoms with Gasteiger partial charge in [-0.15, -0.1) is 0 Å². The van der Waals surface area contributed by atoms with Crippen LogP contribution < -0.4 is 10.3 Å². The van der Waals surface area contributed by atoms with Gasteiger partial charge in [0.25, 0.3) is 5.56 Å². The van der Waals surface area contributed by atoms with Gasteiger partial charge < -0.3 is 4.74 Å². The zero-order valence-corrected chi connectivity index (χ0v) is 19.1. The molecule has 3 aromatic carbocycles. The van der Waals surface area contributed by atoms with Crippen LogP contribution in [0.2, 0.25) is 0 Å². The van der Waals surface area contributed by atoms with Crippen molar-refractivity contribution in [2.75, 3.05) is 7.11 Å². The molecule has 0 fully saturated rings. The van der Waals surface area contributed by atoms with E-state index in [1.54, 1.807) is 17.9 Å². The van der Waals surface area contributed by atoms with Gasteiger partial charge in [0.2, 0.25) is 0 Å². The van der Waals surface area contributed by atoms with Gasteiger partial charge in [0.05, 0.1) is 18.8 Å². The summed E-state index contributed by atoms with van der Waals surface area (Å²) in [5.41, 5.74) is 4.72. The largest absolute Gasteiger partial charge is 0.496 e. The summed E-state index contributed by atoms with van der Waals surface area (Å²) < 4.78 is 20.9. The highest BCUT2D eigenvalue weighted by atomic mass is 19.1. The van der Waals surface area contributed by atoms with Crippen LogP contribution in [0.4, 0.5) is 4.39 Å². The van der Waals surface area contributed by atoms with Gasteiger partial charge >= 0.3 is 0 Å². The lowest BCUT2D eigenvalue weighted by atomic mass is 9.94. The van der Waals surface area contributed by atoms with Crippen molar-refractivity contribution in [3.8, 4) is 16.9 Å². The Kier molecular flexibility index (Phi) is 6.68. The Bertz CT molecular complexity index is 1320. The first kappa shape index (κ1) is 22.5. The van der Waals surface area contributed by atoms with Crippen molar-refractivity contribution in [1.29, 1.82) is 0 Å². The summed E-state index contributed by atoms with van der Waals surface area (Å²) in [5.74, 6) is 0.404. The summed E-state index contributed by atoms with van der Waals surface area (Å²) in [5, 5.41) is 4.72. The lowest BCUT2D eigenvalue weighted by molar-refractivity contribution is 0.416. The Morgan fingerprint density at radius 1 is 0.970 bits per heavy atom. The molecule has 0 bridgehead atoms. The fourth-order valence-corrected chi connectivity index (χ4v) is 4.26. The molecule has 0 saturated heterocycles. The SMILES string of the molecule is COc1ccccc1-c1c(C)nn(C(C)c2ccccc2)c(=O)c1CCc1cccc(F)c1. The van der Waals surface area contributed by atoms with Crippen molar-refractivity contribution in [3.05, 3.63) is 117 Å². The monoisotopic (exact) mass is 442 g/mol. The summed E-state index contributed by atoms with van der Waals surface area (Å²) in [6.07, 6.45) is 0.999. The average Bonchev–Trinajstić information content (AvgIpc) is 2.84. The molecule has 0 radical (unpaired) electrons. The Hall–Kier alpha value is -3.73. The minimum absolute atomic E-state index is 0.144. The third-order valence-electron chi connectivity index (χ3n) is 5.97. The summed E-state index contributed by atoms with van der Waals surface area (Å²) in [6, 6.07) is 23.8. The first-order valence-electron chi connectivity index (χ1n) is 11.0. The van der Waals surface area contributed by atoms with Crippen LogP contribution in [0.1, 0.15) is 35.3 Å². The van der Waals surface area contributed by atoms with E-state index in [9.17, 15) is 9.18 Å². The van der Waals surface area contributed by atoms with Gasteiger partial charge in [0.1, 0.15) is 11.6 Å². The van der Waals surface area contributed by atoms with E-state index in [2.05, 4.69) is 0 Å². The standard InChI is InChI=1S/C28H27FN2O2/c1-19-27(24-14-7-8-15-26(24)33-3)25(17-16-21-10-9-13-23(29)18-21)28(32)31(30-19)20(2)22-11-5-4-6-12-22/h4-15,18,20H,16-17H2,1-3H3. The van der Waals surface area contributed by atoms with Crippen LogP contribution in [-0.2, 0) is 12.8 Å². The molecule has 33 heavy (non-hydrogen) atoms. The highest BCUT2D eigenvalue weighted by Gasteiger charge is 2.22. The van der Waals surface area contributed by atoms with Crippen molar-refractivity contribution in [3.63, 3.8) is 0 Å². The van der Waals surface area contributed by atoms with Gasteiger partial charge in [-0.05, 0) is 56.0 Å². The predicted molar refractivity (Wildman–Crippen MR) is 129 cm³/mol. The highest BCUT2D eigenvalue weighted by Crippen LogP contribution is 2.33. The number of aromatic nitrogens is 2. The Labute approximate surface area is 193 Å². The molecule has 1 aromatic heterocycles. The molecule has 1 unspecified atom stereocenters. The van der Waals surface area contributed by atoms with Gasteiger partial charge in [-0.2, -0.15) is 5.10 Å². The quantitative estimate of drug-likeness (QED) is 0.365. The third-order valence-corrected chi connectivity index (χ3v) is 5.97. The molecule has 0 saturated carbocycles. The number of halogens is 1. The van der Waals surface area contributed by atoms with Gasteiger partial charge in [-0.3, -0.25) is 4.79 Å². The number of aryl methyl sites for hydroxylation is 2. The van der Waals surface area contributed by atoms with Crippen molar-refractivity contribution in [1.82, 2.24) is 9.78 Å². The van der Waals surface area contributed by atoms with E-state index in [0.29, 0.717) is 24.2 Å². The van der Waals surface area contributed by atoms with E-state index in [-0.39, 0.29) is 17.4 Å². The maximum atomic E-state index is 13.8. The molecule has 1 heterocycles. The topological polar surface area (TPSA) is 44.1 Å². The Morgan fingerprint density at radius 2 is 1.70 bits per heavy atom. The van der Waals surface area contributed by atoms with Crippen molar-refractivity contribution >= 4 is 0 Å². The fourth-order valence-electron chi connectivity index (χ4n) is 4.26. The van der Waals surface area contributed by atoms with Crippen molar-refractivity contribution in [2.24, 2.45) is 0 Å². The van der Waals surface area contributed by atoms with Crippen molar-refractivity contribution < 1.29 is 9.13 Å². The lowest BCUT2D eigenvalue weighted by Crippen LogP contribution is -2.31. The van der Waals surface area contributed by atoms with Crippen LogP contribution in [0.5, 0.6) is 5.75 Å². The molecule has 1 atom stereocenters. The second kappa shape index (κ2) is 9.82. The van der Waals surface area contributed by atoms with Crippen LogP contribution in [0.25, 0.3) is 11.1 Å². The van der Waals surface area contributed by atoms with E-state index in [1.165, 1.54) is 12.1 Å². The predicted octanol–water partition coefficient (Wildman–Crippen LogP) is 5.76. The molecular weight excluding hydrogens is 415 g/mol. The van der Waals surface area contributed by atoms with E-state index < -0.39 is 0 Å². The summed E-state index contributed by atoms with van der Waals surface area (Å²) in [7, 11) is 1.62. The van der Waals surface area contributed by atoms with E-state index in [0.717, 1.165) is 27.9 Å². The minimum Gasteiger partial charge on any atom is -0.496 e. The molecule has 4 aromatic rings. The molecular formula is C28H27FN2O2. The Balaban J connectivity index is 1.87. The number of hydrogen-bond donors (Lipinski definition) is 0. The van der Waals surface area contributed by atoms with Crippen LogP contribution in [0.15, 0.2) is 83.7 Å². The second-order valence-corrected chi connectivity index (χ2v) is 8.11. The smallest absolute Gasteiger partial charge is 0.271 e. The number of nitrogens with zero attached hydrogens (tertiary/aromatic N) is 2. The zero-order valence-electron chi connectivity index (χ0n) is 19.1. The normalized spacial score (nSPS) is 11.9. The minimum atomic E-state index is -0.279. The second-order valence-electron chi connectivity index (χ2n) is 8.11. The molecule has 0 aliphatic heterocycles. The number of ether oxygens (including phenoxy) is 1. The zero-order chi connectivity index (χ0) is 23.4.